The van der Waals surface area contributed by atoms with Gasteiger partial charge in [0.25, 0.3) is 0 Å². The Bertz CT molecular complexity index is 482. The summed E-state index contributed by atoms with van der Waals surface area (Å²) in [5.41, 5.74) is 8.18. The molecule has 16 heavy (non-hydrogen) atoms. The van der Waals surface area contributed by atoms with Crippen LogP contribution in [0.15, 0.2) is 36.4 Å². The molecule has 2 aromatic carbocycles. The lowest BCUT2D eigenvalue weighted by atomic mass is 10.1. The zero-order valence-corrected chi connectivity index (χ0v) is 9.90. The fraction of sp³-hybridized carbons (Fsp3) is 0.286. The van der Waals surface area contributed by atoms with Crippen molar-refractivity contribution in [3.05, 3.63) is 36.4 Å². The first-order valence-corrected chi connectivity index (χ1v) is 5.80. The van der Waals surface area contributed by atoms with Gasteiger partial charge < -0.3 is 10.6 Å². The Morgan fingerprint density at radius 3 is 2.25 bits per heavy atom. The van der Waals surface area contributed by atoms with Crippen molar-refractivity contribution in [2.75, 3.05) is 23.7 Å². The third-order valence-corrected chi connectivity index (χ3v) is 3.02. The molecule has 84 valence electrons. The normalized spacial score (nSPS) is 10.6. The van der Waals surface area contributed by atoms with E-state index in [4.69, 9.17) is 5.73 Å². The molecule has 0 fully saturated rings. The van der Waals surface area contributed by atoms with Gasteiger partial charge in [-0.3, -0.25) is 0 Å². The van der Waals surface area contributed by atoms with Gasteiger partial charge in [0.15, 0.2) is 0 Å². The first-order chi connectivity index (χ1) is 7.77. The van der Waals surface area contributed by atoms with E-state index in [1.807, 2.05) is 12.1 Å². The van der Waals surface area contributed by atoms with Crippen LogP contribution in [0.2, 0.25) is 0 Å². The van der Waals surface area contributed by atoms with E-state index in [0.29, 0.717) is 0 Å². The molecule has 0 spiro atoms. The summed E-state index contributed by atoms with van der Waals surface area (Å²) in [4.78, 5) is 2.33. The summed E-state index contributed by atoms with van der Waals surface area (Å²) in [5.74, 6) is 0. The van der Waals surface area contributed by atoms with Gasteiger partial charge >= 0.3 is 0 Å². The van der Waals surface area contributed by atoms with Crippen LogP contribution in [-0.2, 0) is 0 Å². The molecular formula is C14H18N2. The molecule has 2 heteroatoms. The van der Waals surface area contributed by atoms with Gasteiger partial charge in [-0.2, -0.15) is 0 Å². The molecule has 0 unspecified atom stereocenters. The molecule has 0 bridgehead atoms. The fourth-order valence-corrected chi connectivity index (χ4v) is 2.18. The lowest BCUT2D eigenvalue weighted by Gasteiger charge is -2.23. The highest BCUT2D eigenvalue weighted by Crippen LogP contribution is 2.31. The third-order valence-electron chi connectivity index (χ3n) is 3.02. The standard InChI is InChI=1S/C14H18N2/c1-3-16(4-2)13-10-6-8-11-7-5-9-12(15)14(11)13/h5-10H,3-4,15H2,1-2H3. The third kappa shape index (κ3) is 1.71. The van der Waals surface area contributed by atoms with Crippen molar-refractivity contribution < 1.29 is 0 Å². The van der Waals surface area contributed by atoms with Gasteiger partial charge in [-0.25, -0.2) is 0 Å². The second kappa shape index (κ2) is 4.44. The van der Waals surface area contributed by atoms with E-state index in [-0.39, 0.29) is 0 Å². The predicted molar refractivity (Wildman–Crippen MR) is 71.9 cm³/mol. The van der Waals surface area contributed by atoms with E-state index >= 15 is 0 Å². The molecule has 0 aliphatic heterocycles. The smallest absolute Gasteiger partial charge is 0.0466 e. The van der Waals surface area contributed by atoms with Crippen LogP contribution in [-0.4, -0.2) is 13.1 Å². The minimum absolute atomic E-state index is 0.861. The van der Waals surface area contributed by atoms with Gasteiger partial charge in [0.1, 0.15) is 0 Å². The van der Waals surface area contributed by atoms with Crippen molar-refractivity contribution in [1.29, 1.82) is 0 Å². The molecule has 0 amide bonds. The van der Waals surface area contributed by atoms with Crippen LogP contribution in [0.1, 0.15) is 13.8 Å². The molecule has 0 heterocycles. The molecule has 0 radical (unpaired) electrons. The van der Waals surface area contributed by atoms with Gasteiger partial charge in [0.2, 0.25) is 0 Å². The largest absolute Gasteiger partial charge is 0.398 e. The number of hydrogen-bond acceptors (Lipinski definition) is 2. The summed E-state index contributed by atoms with van der Waals surface area (Å²) in [5, 5.41) is 2.39. The van der Waals surface area contributed by atoms with Crippen molar-refractivity contribution in [2.24, 2.45) is 0 Å². The molecule has 0 aliphatic rings. The number of nitrogens with two attached hydrogens (primary N) is 1. The molecule has 0 aromatic heterocycles. The van der Waals surface area contributed by atoms with Crippen molar-refractivity contribution >= 4 is 22.1 Å². The van der Waals surface area contributed by atoms with Crippen LogP contribution in [0.3, 0.4) is 0 Å². The summed E-state index contributed by atoms with van der Waals surface area (Å²) in [6.07, 6.45) is 0. The van der Waals surface area contributed by atoms with Crippen molar-refractivity contribution in [2.45, 2.75) is 13.8 Å². The maximum absolute atomic E-state index is 6.08. The van der Waals surface area contributed by atoms with Crippen LogP contribution >= 0.6 is 0 Å². The molecule has 0 saturated heterocycles. The number of nitrogen functional groups attached to an aromatic ring is 1. The summed E-state index contributed by atoms with van der Waals surface area (Å²) in [6, 6.07) is 12.4. The maximum atomic E-state index is 6.08. The van der Waals surface area contributed by atoms with Crippen LogP contribution in [0, 0.1) is 0 Å². The van der Waals surface area contributed by atoms with Gasteiger partial charge in [-0.1, -0.05) is 24.3 Å². The average Bonchev–Trinajstić information content (AvgIpc) is 2.31. The molecular weight excluding hydrogens is 196 g/mol. The van der Waals surface area contributed by atoms with E-state index < -0.39 is 0 Å². The minimum Gasteiger partial charge on any atom is -0.398 e. The number of nitrogens with zero attached hydrogens (tertiary/aromatic N) is 1. The molecule has 0 saturated carbocycles. The predicted octanol–water partition coefficient (Wildman–Crippen LogP) is 3.27. The molecule has 2 aromatic rings. The first-order valence-electron chi connectivity index (χ1n) is 5.80. The Balaban J connectivity index is 2.69. The molecule has 0 atom stereocenters. The zero-order chi connectivity index (χ0) is 11.5. The Labute approximate surface area is 96.7 Å². The second-order valence-corrected chi connectivity index (χ2v) is 3.89. The average molecular weight is 214 g/mol. The summed E-state index contributed by atoms with van der Waals surface area (Å²) < 4.78 is 0. The number of anilines is 2. The first kappa shape index (κ1) is 10.8. The molecule has 2 rings (SSSR count). The van der Waals surface area contributed by atoms with Crippen LogP contribution in [0.5, 0.6) is 0 Å². The van der Waals surface area contributed by atoms with Crippen LogP contribution in [0.25, 0.3) is 10.8 Å². The van der Waals surface area contributed by atoms with Gasteiger partial charge in [-0.05, 0) is 31.4 Å². The topological polar surface area (TPSA) is 29.3 Å². The quantitative estimate of drug-likeness (QED) is 0.794. The Morgan fingerprint density at radius 2 is 1.62 bits per heavy atom. The Morgan fingerprint density at radius 1 is 1.00 bits per heavy atom. The molecule has 2 N–H and O–H groups in total. The van der Waals surface area contributed by atoms with Crippen LogP contribution < -0.4 is 10.6 Å². The zero-order valence-electron chi connectivity index (χ0n) is 9.90. The number of fused-ring (bicyclic) bond motifs is 1. The highest BCUT2D eigenvalue weighted by molar-refractivity contribution is 6.02. The monoisotopic (exact) mass is 214 g/mol. The van der Waals surface area contributed by atoms with Gasteiger partial charge in [-0.15, -0.1) is 0 Å². The second-order valence-electron chi connectivity index (χ2n) is 3.89. The SMILES string of the molecule is CCN(CC)c1cccc2cccc(N)c12. The van der Waals surface area contributed by atoms with Crippen molar-refractivity contribution in [1.82, 2.24) is 0 Å². The lowest BCUT2D eigenvalue weighted by Crippen LogP contribution is -2.22. The Hall–Kier alpha value is -1.70. The number of hydrogen-bond donors (Lipinski definition) is 1. The van der Waals surface area contributed by atoms with E-state index in [2.05, 4.69) is 43.0 Å². The lowest BCUT2D eigenvalue weighted by molar-refractivity contribution is 0.871. The van der Waals surface area contributed by atoms with E-state index in [1.54, 1.807) is 0 Å². The highest BCUT2D eigenvalue weighted by Gasteiger charge is 2.08. The van der Waals surface area contributed by atoms with Gasteiger partial charge in [0, 0.05) is 29.9 Å². The molecule has 0 aliphatic carbocycles. The van der Waals surface area contributed by atoms with Crippen LogP contribution in [0.4, 0.5) is 11.4 Å². The fourth-order valence-electron chi connectivity index (χ4n) is 2.18. The summed E-state index contributed by atoms with van der Waals surface area (Å²) in [7, 11) is 0. The highest BCUT2D eigenvalue weighted by atomic mass is 15.1. The van der Waals surface area contributed by atoms with Crippen molar-refractivity contribution in [3.8, 4) is 0 Å². The number of benzene rings is 2. The molecule has 2 nitrogen and oxygen atoms in total. The maximum Gasteiger partial charge on any atom is 0.0466 e. The van der Waals surface area contributed by atoms with Gasteiger partial charge in [0.05, 0.1) is 0 Å². The Kier molecular flexibility index (Phi) is 3.00. The van der Waals surface area contributed by atoms with Crippen molar-refractivity contribution in [3.63, 3.8) is 0 Å². The van der Waals surface area contributed by atoms with E-state index in [0.717, 1.165) is 18.8 Å². The summed E-state index contributed by atoms with van der Waals surface area (Å²) >= 11 is 0. The van der Waals surface area contributed by atoms with E-state index in [1.165, 1.54) is 16.5 Å². The van der Waals surface area contributed by atoms with E-state index in [9.17, 15) is 0 Å². The summed E-state index contributed by atoms with van der Waals surface area (Å²) in [6.45, 7) is 6.34. The minimum atomic E-state index is 0.861. The number of rotatable bonds is 3.